The molecule has 0 aliphatic carbocycles. The monoisotopic (exact) mass is 310 g/mol. The molecule has 0 unspecified atom stereocenters. The number of rotatable bonds is 3. The lowest BCUT2D eigenvalue weighted by molar-refractivity contribution is 0.102. The Morgan fingerprint density at radius 2 is 1.91 bits per heavy atom. The summed E-state index contributed by atoms with van der Waals surface area (Å²) in [5, 5.41) is 6.72. The third-order valence-corrected chi connectivity index (χ3v) is 3.46. The Hall–Kier alpha value is -2.95. The van der Waals surface area contributed by atoms with E-state index in [1.807, 2.05) is 25.1 Å². The fourth-order valence-corrected chi connectivity index (χ4v) is 2.39. The maximum atomic E-state index is 13.4. The summed E-state index contributed by atoms with van der Waals surface area (Å²) < 4.78 is 18.6. The molecule has 0 bridgehead atoms. The van der Waals surface area contributed by atoms with Crippen molar-refractivity contribution in [2.75, 3.05) is 5.32 Å². The lowest BCUT2D eigenvalue weighted by atomic mass is 10.1. The van der Waals surface area contributed by atoms with E-state index in [2.05, 4.69) is 10.5 Å². The van der Waals surface area contributed by atoms with Crippen molar-refractivity contribution in [3.8, 4) is 11.3 Å². The third kappa shape index (κ3) is 3.13. The SMILES string of the molecule is Cc1cccc(NC(=O)c2c(-c3cccc(F)c3)noc2C)c1. The maximum absolute atomic E-state index is 13.4. The first-order valence-electron chi connectivity index (χ1n) is 7.15. The van der Waals surface area contributed by atoms with Gasteiger partial charge in [0.05, 0.1) is 0 Å². The first kappa shape index (κ1) is 15.0. The van der Waals surface area contributed by atoms with Gasteiger partial charge in [-0.05, 0) is 43.7 Å². The molecule has 23 heavy (non-hydrogen) atoms. The minimum atomic E-state index is -0.395. The number of carbonyl (C=O) groups is 1. The van der Waals surface area contributed by atoms with Gasteiger partial charge in [-0.3, -0.25) is 4.79 Å². The zero-order valence-electron chi connectivity index (χ0n) is 12.8. The van der Waals surface area contributed by atoms with Crippen LogP contribution in [0.25, 0.3) is 11.3 Å². The Bertz CT molecular complexity index is 871. The van der Waals surface area contributed by atoms with Gasteiger partial charge in [0, 0.05) is 11.3 Å². The molecule has 4 nitrogen and oxygen atoms in total. The van der Waals surface area contributed by atoms with E-state index < -0.39 is 5.82 Å². The van der Waals surface area contributed by atoms with E-state index in [-0.39, 0.29) is 5.91 Å². The van der Waals surface area contributed by atoms with Crippen molar-refractivity contribution in [2.24, 2.45) is 0 Å². The molecule has 0 saturated heterocycles. The smallest absolute Gasteiger partial charge is 0.261 e. The van der Waals surface area contributed by atoms with Crippen molar-refractivity contribution >= 4 is 11.6 Å². The summed E-state index contributed by atoms with van der Waals surface area (Å²) in [6.07, 6.45) is 0. The average molecular weight is 310 g/mol. The molecule has 0 aliphatic rings. The third-order valence-electron chi connectivity index (χ3n) is 3.46. The highest BCUT2D eigenvalue weighted by Crippen LogP contribution is 2.26. The molecule has 0 fully saturated rings. The predicted octanol–water partition coefficient (Wildman–Crippen LogP) is 4.35. The molecule has 116 valence electrons. The second-order valence-electron chi connectivity index (χ2n) is 5.30. The van der Waals surface area contributed by atoms with Crippen LogP contribution in [-0.4, -0.2) is 11.1 Å². The number of amides is 1. The average Bonchev–Trinajstić information content (AvgIpc) is 2.89. The highest BCUT2D eigenvalue weighted by molar-refractivity contribution is 6.08. The maximum Gasteiger partial charge on any atom is 0.261 e. The fraction of sp³-hybridized carbons (Fsp3) is 0.111. The molecule has 1 heterocycles. The minimum Gasteiger partial charge on any atom is -0.360 e. The van der Waals surface area contributed by atoms with Gasteiger partial charge in [-0.2, -0.15) is 0 Å². The van der Waals surface area contributed by atoms with E-state index in [4.69, 9.17) is 4.52 Å². The number of halogens is 1. The fourth-order valence-electron chi connectivity index (χ4n) is 2.39. The lowest BCUT2D eigenvalue weighted by Crippen LogP contribution is -2.13. The van der Waals surface area contributed by atoms with Gasteiger partial charge in [-0.1, -0.05) is 29.4 Å². The van der Waals surface area contributed by atoms with Crippen LogP contribution in [0.15, 0.2) is 53.1 Å². The summed E-state index contributed by atoms with van der Waals surface area (Å²) in [7, 11) is 0. The second-order valence-corrected chi connectivity index (χ2v) is 5.30. The highest BCUT2D eigenvalue weighted by Gasteiger charge is 2.22. The zero-order valence-corrected chi connectivity index (χ0v) is 12.8. The van der Waals surface area contributed by atoms with Crippen molar-refractivity contribution in [1.82, 2.24) is 5.16 Å². The second kappa shape index (κ2) is 6.04. The standard InChI is InChI=1S/C18H15FN2O2/c1-11-5-3-8-15(9-11)20-18(22)16-12(2)23-21-17(16)13-6-4-7-14(19)10-13/h3-10H,1-2H3,(H,20,22). The quantitative estimate of drug-likeness (QED) is 0.782. The lowest BCUT2D eigenvalue weighted by Gasteiger charge is -2.06. The summed E-state index contributed by atoms with van der Waals surface area (Å²) in [6.45, 7) is 3.60. The molecule has 2 aromatic carbocycles. The van der Waals surface area contributed by atoms with E-state index in [9.17, 15) is 9.18 Å². The Morgan fingerprint density at radius 3 is 2.65 bits per heavy atom. The molecular formula is C18H15FN2O2. The summed E-state index contributed by atoms with van der Waals surface area (Å²) in [4.78, 5) is 12.6. The molecule has 5 heteroatoms. The number of benzene rings is 2. The zero-order chi connectivity index (χ0) is 16.4. The van der Waals surface area contributed by atoms with E-state index in [0.29, 0.717) is 28.3 Å². The van der Waals surface area contributed by atoms with Crippen molar-refractivity contribution in [1.29, 1.82) is 0 Å². The summed E-state index contributed by atoms with van der Waals surface area (Å²) in [5.41, 5.74) is 2.84. The number of carbonyl (C=O) groups excluding carboxylic acids is 1. The van der Waals surface area contributed by atoms with E-state index in [1.54, 1.807) is 25.1 Å². The molecule has 0 radical (unpaired) electrons. The van der Waals surface area contributed by atoms with Crippen LogP contribution in [0.3, 0.4) is 0 Å². The highest BCUT2D eigenvalue weighted by atomic mass is 19.1. The Labute approximate surface area is 132 Å². The van der Waals surface area contributed by atoms with Crippen molar-refractivity contribution in [3.05, 3.63) is 71.2 Å². The van der Waals surface area contributed by atoms with Gasteiger partial charge in [0.1, 0.15) is 22.8 Å². The van der Waals surface area contributed by atoms with Crippen LogP contribution >= 0.6 is 0 Å². The van der Waals surface area contributed by atoms with Gasteiger partial charge in [-0.15, -0.1) is 0 Å². The number of aromatic nitrogens is 1. The Balaban J connectivity index is 1.96. The van der Waals surface area contributed by atoms with Crippen molar-refractivity contribution in [3.63, 3.8) is 0 Å². The van der Waals surface area contributed by atoms with Crippen LogP contribution in [0.5, 0.6) is 0 Å². The van der Waals surface area contributed by atoms with Crippen molar-refractivity contribution in [2.45, 2.75) is 13.8 Å². The predicted molar refractivity (Wildman–Crippen MR) is 85.8 cm³/mol. The topological polar surface area (TPSA) is 55.1 Å². The first-order valence-corrected chi connectivity index (χ1v) is 7.15. The van der Waals surface area contributed by atoms with Gasteiger partial charge >= 0.3 is 0 Å². The van der Waals surface area contributed by atoms with Crippen LogP contribution in [-0.2, 0) is 0 Å². The number of nitrogens with one attached hydrogen (secondary N) is 1. The molecule has 1 aromatic heterocycles. The van der Waals surface area contributed by atoms with Gasteiger partial charge in [0.25, 0.3) is 5.91 Å². The van der Waals surface area contributed by atoms with Gasteiger partial charge in [0.2, 0.25) is 0 Å². The number of hydrogen-bond donors (Lipinski definition) is 1. The van der Waals surface area contributed by atoms with Crippen LogP contribution in [0.1, 0.15) is 21.7 Å². The molecule has 0 spiro atoms. The van der Waals surface area contributed by atoms with Gasteiger partial charge in [0.15, 0.2) is 0 Å². The summed E-state index contributed by atoms with van der Waals surface area (Å²) in [5.74, 6) is -0.351. The first-order chi connectivity index (χ1) is 11.0. The summed E-state index contributed by atoms with van der Waals surface area (Å²) >= 11 is 0. The number of anilines is 1. The number of nitrogens with zero attached hydrogens (tertiary/aromatic N) is 1. The Morgan fingerprint density at radius 1 is 1.13 bits per heavy atom. The van der Waals surface area contributed by atoms with Crippen molar-refractivity contribution < 1.29 is 13.7 Å². The minimum absolute atomic E-state index is 0.303. The molecular weight excluding hydrogens is 295 g/mol. The molecule has 3 rings (SSSR count). The van der Waals surface area contributed by atoms with Crippen LogP contribution in [0, 0.1) is 19.7 Å². The van der Waals surface area contributed by atoms with E-state index in [1.165, 1.54) is 12.1 Å². The van der Waals surface area contributed by atoms with E-state index >= 15 is 0 Å². The number of hydrogen-bond acceptors (Lipinski definition) is 3. The van der Waals surface area contributed by atoms with Crippen LogP contribution < -0.4 is 5.32 Å². The number of aryl methyl sites for hydroxylation is 2. The molecule has 0 atom stereocenters. The normalized spacial score (nSPS) is 10.6. The largest absolute Gasteiger partial charge is 0.360 e. The molecule has 1 N–H and O–H groups in total. The van der Waals surface area contributed by atoms with Crippen LogP contribution in [0.4, 0.5) is 10.1 Å². The van der Waals surface area contributed by atoms with Crippen LogP contribution in [0.2, 0.25) is 0 Å². The molecule has 3 aromatic rings. The molecule has 0 aliphatic heterocycles. The Kier molecular flexibility index (Phi) is 3.93. The van der Waals surface area contributed by atoms with E-state index in [0.717, 1.165) is 5.56 Å². The van der Waals surface area contributed by atoms with Gasteiger partial charge in [-0.25, -0.2) is 4.39 Å². The summed E-state index contributed by atoms with van der Waals surface area (Å²) in [6, 6.07) is 13.4. The molecule has 1 amide bonds. The molecule has 0 saturated carbocycles. The van der Waals surface area contributed by atoms with Gasteiger partial charge < -0.3 is 9.84 Å².